The molecule has 2 aromatic carbocycles. The Bertz CT molecular complexity index is 737. The zero-order valence-electron chi connectivity index (χ0n) is 11.1. The molecule has 0 fully saturated rings. The Morgan fingerprint density at radius 3 is 2.65 bits per heavy atom. The van der Waals surface area contributed by atoms with E-state index in [2.05, 4.69) is 4.98 Å². The van der Waals surface area contributed by atoms with Crippen LogP contribution in [0.4, 0.5) is 4.39 Å². The number of aliphatic hydroxyl groups is 1. The van der Waals surface area contributed by atoms with Gasteiger partial charge in [-0.2, -0.15) is 0 Å². The monoisotopic (exact) mass is 270 g/mol. The first-order valence-electron chi connectivity index (χ1n) is 6.53. The maximum atomic E-state index is 13.3. The highest BCUT2D eigenvalue weighted by Gasteiger charge is 2.16. The Balaban J connectivity index is 2.19. The normalized spacial score (nSPS) is 12.8. The van der Waals surface area contributed by atoms with Crippen LogP contribution in [0, 0.1) is 5.82 Å². The fourth-order valence-corrected chi connectivity index (χ4v) is 2.55. The molecule has 20 heavy (non-hydrogen) atoms. The molecule has 1 aromatic heterocycles. The first-order chi connectivity index (χ1) is 9.70. The molecule has 0 bridgehead atoms. The first kappa shape index (κ1) is 12.8. The molecule has 0 amide bonds. The summed E-state index contributed by atoms with van der Waals surface area (Å²) >= 11 is 0. The highest BCUT2D eigenvalue weighted by molar-refractivity contribution is 5.76. The number of nitrogens with zero attached hydrogens (tertiary/aromatic N) is 2. The summed E-state index contributed by atoms with van der Waals surface area (Å²) in [4.78, 5) is 4.31. The molecule has 0 spiro atoms. The fraction of sp³-hybridized carbons (Fsp3) is 0.188. The smallest absolute Gasteiger partial charge is 0.136 e. The van der Waals surface area contributed by atoms with Gasteiger partial charge in [-0.1, -0.05) is 30.3 Å². The maximum absolute atomic E-state index is 13.3. The number of halogens is 1. The second-order valence-electron chi connectivity index (χ2n) is 4.78. The lowest BCUT2D eigenvalue weighted by molar-refractivity contribution is 0.264. The maximum Gasteiger partial charge on any atom is 0.136 e. The van der Waals surface area contributed by atoms with Gasteiger partial charge >= 0.3 is 0 Å². The molecule has 0 aliphatic rings. The Hall–Kier alpha value is -2.20. The van der Waals surface area contributed by atoms with E-state index < -0.39 is 0 Å². The highest BCUT2D eigenvalue weighted by atomic mass is 19.1. The highest BCUT2D eigenvalue weighted by Crippen LogP contribution is 2.26. The van der Waals surface area contributed by atoms with Gasteiger partial charge in [0.25, 0.3) is 0 Å². The zero-order chi connectivity index (χ0) is 14.1. The van der Waals surface area contributed by atoms with Crippen molar-refractivity contribution in [2.75, 3.05) is 0 Å². The molecule has 3 nitrogen and oxygen atoms in total. The third-order valence-corrected chi connectivity index (χ3v) is 3.54. The second-order valence-corrected chi connectivity index (χ2v) is 4.78. The predicted octanol–water partition coefficient (Wildman–Crippen LogP) is 3.28. The van der Waals surface area contributed by atoms with Crippen molar-refractivity contribution in [3.05, 3.63) is 65.7 Å². The van der Waals surface area contributed by atoms with Gasteiger partial charge < -0.3 is 9.67 Å². The van der Waals surface area contributed by atoms with Gasteiger partial charge in [-0.25, -0.2) is 9.37 Å². The quantitative estimate of drug-likeness (QED) is 0.793. The van der Waals surface area contributed by atoms with Crippen molar-refractivity contribution in [1.82, 2.24) is 9.55 Å². The molecule has 1 heterocycles. The van der Waals surface area contributed by atoms with E-state index in [0.29, 0.717) is 11.3 Å². The van der Waals surface area contributed by atoms with Gasteiger partial charge in [0.2, 0.25) is 0 Å². The molecule has 4 heteroatoms. The van der Waals surface area contributed by atoms with Crippen molar-refractivity contribution in [3.63, 3.8) is 0 Å². The predicted molar refractivity (Wildman–Crippen MR) is 75.9 cm³/mol. The molecule has 3 rings (SSSR count). The van der Waals surface area contributed by atoms with E-state index in [1.807, 2.05) is 41.8 Å². The van der Waals surface area contributed by atoms with Crippen LogP contribution in [0.25, 0.3) is 11.0 Å². The average molecular weight is 270 g/mol. The first-order valence-corrected chi connectivity index (χ1v) is 6.53. The number of hydrogen-bond acceptors (Lipinski definition) is 2. The molecule has 0 saturated carbocycles. The minimum atomic E-state index is -0.320. The topological polar surface area (TPSA) is 38.0 Å². The number of rotatable bonds is 3. The number of benzene rings is 2. The Morgan fingerprint density at radius 1 is 1.20 bits per heavy atom. The molecule has 1 atom stereocenters. The number of imidazole rings is 1. The lowest BCUT2D eigenvalue weighted by atomic mass is 10.1. The van der Waals surface area contributed by atoms with Crippen LogP contribution in [-0.2, 0) is 6.61 Å². The molecular weight excluding hydrogens is 255 g/mol. The average Bonchev–Trinajstić information content (AvgIpc) is 2.84. The van der Waals surface area contributed by atoms with Gasteiger partial charge in [0.15, 0.2) is 0 Å². The number of aromatic nitrogens is 2. The molecule has 1 N–H and O–H groups in total. The molecule has 0 saturated heterocycles. The largest absolute Gasteiger partial charge is 0.388 e. The fourth-order valence-electron chi connectivity index (χ4n) is 2.55. The molecule has 0 aliphatic heterocycles. The van der Waals surface area contributed by atoms with E-state index in [4.69, 9.17) is 0 Å². The van der Waals surface area contributed by atoms with Crippen molar-refractivity contribution in [1.29, 1.82) is 0 Å². The van der Waals surface area contributed by atoms with E-state index in [1.165, 1.54) is 12.1 Å². The molecular formula is C16H15FN2O. The third kappa shape index (κ3) is 2.08. The van der Waals surface area contributed by atoms with Gasteiger partial charge in [0.1, 0.15) is 18.2 Å². The van der Waals surface area contributed by atoms with E-state index in [-0.39, 0.29) is 18.5 Å². The van der Waals surface area contributed by atoms with Gasteiger partial charge in [-0.3, -0.25) is 0 Å². The van der Waals surface area contributed by atoms with Crippen LogP contribution >= 0.6 is 0 Å². The van der Waals surface area contributed by atoms with Gasteiger partial charge in [-0.05, 0) is 24.6 Å². The van der Waals surface area contributed by atoms with Crippen molar-refractivity contribution in [2.45, 2.75) is 19.6 Å². The number of aliphatic hydroxyl groups excluding tert-OH is 1. The van der Waals surface area contributed by atoms with Crippen LogP contribution in [0.2, 0.25) is 0 Å². The molecule has 1 unspecified atom stereocenters. The summed E-state index contributed by atoms with van der Waals surface area (Å²) in [5, 5.41) is 9.51. The standard InChI is InChI=1S/C16H15FN2O/c1-11(12-5-3-2-4-6-12)19-15-8-7-13(17)9-14(15)18-16(19)10-20/h2-9,11,20H,10H2,1H3. The van der Waals surface area contributed by atoms with Crippen molar-refractivity contribution < 1.29 is 9.50 Å². The third-order valence-electron chi connectivity index (χ3n) is 3.54. The van der Waals surface area contributed by atoms with Crippen LogP contribution in [0.15, 0.2) is 48.5 Å². The van der Waals surface area contributed by atoms with E-state index in [0.717, 1.165) is 11.1 Å². The second kappa shape index (κ2) is 5.06. The van der Waals surface area contributed by atoms with Crippen molar-refractivity contribution in [3.8, 4) is 0 Å². The lowest BCUT2D eigenvalue weighted by Crippen LogP contribution is -2.10. The molecule has 0 radical (unpaired) electrons. The van der Waals surface area contributed by atoms with Gasteiger partial charge in [0, 0.05) is 6.07 Å². The number of hydrogen-bond donors (Lipinski definition) is 1. The Kier molecular flexibility index (Phi) is 3.24. The summed E-state index contributed by atoms with van der Waals surface area (Å²) in [7, 11) is 0. The zero-order valence-corrected chi connectivity index (χ0v) is 11.1. The summed E-state index contributed by atoms with van der Waals surface area (Å²) in [6.07, 6.45) is 0. The minimum absolute atomic E-state index is 0.0220. The van der Waals surface area contributed by atoms with Crippen molar-refractivity contribution in [2.24, 2.45) is 0 Å². The minimum Gasteiger partial charge on any atom is -0.388 e. The van der Waals surface area contributed by atoms with Crippen LogP contribution in [0.1, 0.15) is 24.4 Å². The Labute approximate surface area is 116 Å². The van der Waals surface area contributed by atoms with E-state index >= 15 is 0 Å². The Morgan fingerprint density at radius 2 is 1.95 bits per heavy atom. The van der Waals surface area contributed by atoms with E-state index in [1.54, 1.807) is 6.07 Å². The lowest BCUT2D eigenvalue weighted by Gasteiger charge is -2.17. The van der Waals surface area contributed by atoms with Crippen LogP contribution in [0.3, 0.4) is 0 Å². The molecule has 0 aliphatic carbocycles. The SMILES string of the molecule is CC(c1ccccc1)n1c(CO)nc2cc(F)ccc21. The van der Waals surface area contributed by atoms with Gasteiger partial charge in [0.05, 0.1) is 17.1 Å². The molecule has 3 aromatic rings. The summed E-state index contributed by atoms with van der Waals surface area (Å²) in [6.45, 7) is 1.87. The summed E-state index contributed by atoms with van der Waals surface area (Å²) < 4.78 is 15.2. The van der Waals surface area contributed by atoms with Crippen LogP contribution in [-0.4, -0.2) is 14.7 Å². The summed E-state index contributed by atoms with van der Waals surface area (Å²) in [5.74, 6) is 0.223. The van der Waals surface area contributed by atoms with Crippen LogP contribution in [0.5, 0.6) is 0 Å². The number of fused-ring (bicyclic) bond motifs is 1. The molecule has 102 valence electrons. The summed E-state index contributed by atoms with van der Waals surface area (Å²) in [6, 6.07) is 14.5. The van der Waals surface area contributed by atoms with Crippen molar-refractivity contribution >= 4 is 11.0 Å². The van der Waals surface area contributed by atoms with Gasteiger partial charge in [-0.15, -0.1) is 0 Å². The van der Waals surface area contributed by atoms with Crippen LogP contribution < -0.4 is 0 Å². The summed E-state index contributed by atoms with van der Waals surface area (Å²) in [5.41, 5.74) is 2.51. The van der Waals surface area contributed by atoms with E-state index in [9.17, 15) is 9.50 Å².